The molecule has 0 aliphatic carbocycles. The number of carbonyl (C=O) groups is 1. The number of aromatic nitrogens is 2. The summed E-state index contributed by atoms with van der Waals surface area (Å²) in [6, 6.07) is 11.5. The Kier molecular flexibility index (Phi) is 5.95. The Labute approximate surface area is 169 Å². The van der Waals surface area contributed by atoms with Gasteiger partial charge in [-0.3, -0.25) is 14.6 Å². The summed E-state index contributed by atoms with van der Waals surface area (Å²) < 4.78 is 27.0. The third kappa shape index (κ3) is 4.13. The molecule has 0 aliphatic heterocycles. The van der Waals surface area contributed by atoms with Crippen molar-refractivity contribution in [1.29, 1.82) is 0 Å². The third-order valence-electron chi connectivity index (χ3n) is 4.86. The molecule has 0 saturated carbocycles. The molecule has 7 nitrogen and oxygen atoms in total. The van der Waals surface area contributed by atoms with Crippen LogP contribution in [0, 0.1) is 0 Å². The van der Waals surface area contributed by atoms with Crippen LogP contribution in [-0.4, -0.2) is 30.1 Å². The number of nitrogens with one attached hydrogen (secondary N) is 1. The van der Waals surface area contributed by atoms with Crippen LogP contribution in [0.4, 0.5) is 0 Å². The highest BCUT2D eigenvalue weighted by molar-refractivity contribution is 8.04. The van der Waals surface area contributed by atoms with Crippen molar-refractivity contribution < 1.29 is 13.2 Å². The summed E-state index contributed by atoms with van der Waals surface area (Å²) in [6.45, 7) is 4.36. The predicted molar refractivity (Wildman–Crippen MR) is 113 cm³/mol. The van der Waals surface area contributed by atoms with Crippen LogP contribution < -0.4 is 10.3 Å². The maximum absolute atomic E-state index is 12.6. The van der Waals surface area contributed by atoms with Gasteiger partial charge in [0.1, 0.15) is 0 Å². The SMILES string of the molecule is CCc1cc2c(ccc(=O)n2Cc2ccc(C(=O)S(=O)(=O)NC)cc2)c(CC)n1. The molecule has 1 N–H and O–H groups in total. The zero-order chi connectivity index (χ0) is 21.2. The molecule has 8 heteroatoms. The van der Waals surface area contributed by atoms with E-state index in [1.54, 1.807) is 16.7 Å². The largest absolute Gasteiger partial charge is 0.304 e. The number of rotatable bonds is 6. The monoisotopic (exact) mass is 413 g/mol. The summed E-state index contributed by atoms with van der Waals surface area (Å²) in [6.07, 6.45) is 1.53. The van der Waals surface area contributed by atoms with E-state index in [2.05, 4.69) is 4.98 Å². The standard InChI is InChI=1S/C21H23N3O4S/c1-4-16-12-19-17(18(5-2)23-16)10-11-20(25)24(19)13-14-6-8-15(9-7-14)21(26)29(27,28)22-3/h6-12,22H,4-5,13H2,1-3H3. The molecule has 0 fully saturated rings. The third-order valence-corrected chi connectivity index (χ3v) is 6.12. The molecule has 0 aliphatic rings. The molecule has 0 atom stereocenters. The average molecular weight is 413 g/mol. The second kappa shape index (κ2) is 8.26. The van der Waals surface area contributed by atoms with Crippen molar-refractivity contribution in [2.45, 2.75) is 33.2 Å². The lowest BCUT2D eigenvalue weighted by Crippen LogP contribution is -2.27. The second-order valence-electron chi connectivity index (χ2n) is 6.65. The summed E-state index contributed by atoms with van der Waals surface area (Å²) in [5.74, 6) is 0. The van der Waals surface area contributed by atoms with Gasteiger partial charge in [-0.25, -0.2) is 13.1 Å². The fourth-order valence-corrected chi connectivity index (χ4v) is 3.84. The summed E-state index contributed by atoms with van der Waals surface area (Å²) in [4.78, 5) is 29.3. The van der Waals surface area contributed by atoms with Crippen molar-refractivity contribution in [2.75, 3.05) is 7.05 Å². The Bertz CT molecular complexity index is 1230. The van der Waals surface area contributed by atoms with Crippen LogP contribution in [-0.2, 0) is 29.4 Å². The van der Waals surface area contributed by atoms with Gasteiger partial charge in [0.05, 0.1) is 12.1 Å². The molecule has 3 rings (SSSR count). The Morgan fingerprint density at radius 3 is 2.34 bits per heavy atom. The van der Waals surface area contributed by atoms with E-state index in [4.69, 9.17) is 0 Å². The maximum Gasteiger partial charge on any atom is 0.291 e. The summed E-state index contributed by atoms with van der Waals surface area (Å²) in [5, 5.41) is -0.0451. The number of nitrogens with zero attached hydrogens (tertiary/aromatic N) is 2. The van der Waals surface area contributed by atoms with Gasteiger partial charge < -0.3 is 4.57 Å². The zero-order valence-corrected chi connectivity index (χ0v) is 17.4. The number of fused-ring (bicyclic) bond motifs is 1. The maximum atomic E-state index is 12.6. The first-order chi connectivity index (χ1) is 13.8. The quantitative estimate of drug-likeness (QED) is 0.668. The van der Waals surface area contributed by atoms with Crippen LogP contribution in [0.1, 0.15) is 41.2 Å². The van der Waals surface area contributed by atoms with Gasteiger partial charge in [0, 0.05) is 28.4 Å². The van der Waals surface area contributed by atoms with E-state index in [-0.39, 0.29) is 11.1 Å². The summed E-state index contributed by atoms with van der Waals surface area (Å²) >= 11 is 0. The van der Waals surface area contributed by atoms with Crippen LogP contribution in [0.2, 0.25) is 0 Å². The number of aryl methyl sites for hydroxylation is 2. The van der Waals surface area contributed by atoms with E-state index in [9.17, 15) is 18.0 Å². The molecule has 0 bridgehead atoms. The average Bonchev–Trinajstić information content (AvgIpc) is 2.74. The van der Waals surface area contributed by atoms with Gasteiger partial charge >= 0.3 is 0 Å². The topological polar surface area (TPSA) is 98.1 Å². The molecule has 3 aromatic rings. The summed E-state index contributed by atoms with van der Waals surface area (Å²) in [7, 11) is -2.83. The highest BCUT2D eigenvalue weighted by atomic mass is 32.2. The van der Waals surface area contributed by atoms with Gasteiger partial charge in [0.15, 0.2) is 0 Å². The lowest BCUT2D eigenvalue weighted by Gasteiger charge is -2.14. The first-order valence-electron chi connectivity index (χ1n) is 9.39. The normalized spacial score (nSPS) is 11.7. The van der Waals surface area contributed by atoms with Crippen LogP contribution in [0.5, 0.6) is 0 Å². The molecule has 0 radical (unpaired) electrons. The molecule has 2 heterocycles. The predicted octanol–water partition coefficient (Wildman–Crippen LogP) is 2.26. The van der Waals surface area contributed by atoms with E-state index < -0.39 is 15.1 Å². The van der Waals surface area contributed by atoms with Crippen LogP contribution >= 0.6 is 0 Å². The van der Waals surface area contributed by atoms with Crippen molar-refractivity contribution in [3.8, 4) is 0 Å². The fraction of sp³-hybridized carbons (Fsp3) is 0.286. The van der Waals surface area contributed by atoms with Gasteiger partial charge in [-0.05, 0) is 49.7 Å². The molecule has 1 aromatic carbocycles. The molecular formula is C21H23N3O4S. The van der Waals surface area contributed by atoms with Crippen LogP contribution in [0.3, 0.4) is 0 Å². The minimum Gasteiger partial charge on any atom is -0.304 e. The van der Waals surface area contributed by atoms with E-state index in [1.165, 1.54) is 25.2 Å². The van der Waals surface area contributed by atoms with Gasteiger partial charge in [-0.15, -0.1) is 0 Å². The van der Waals surface area contributed by atoms with E-state index in [0.29, 0.717) is 6.54 Å². The lowest BCUT2D eigenvalue weighted by molar-refractivity contribution is 0.107. The number of pyridine rings is 2. The smallest absolute Gasteiger partial charge is 0.291 e. The second-order valence-corrected chi connectivity index (χ2v) is 8.44. The minimum atomic E-state index is -4.02. The van der Waals surface area contributed by atoms with E-state index >= 15 is 0 Å². The zero-order valence-electron chi connectivity index (χ0n) is 16.6. The Morgan fingerprint density at radius 1 is 1.07 bits per heavy atom. The van der Waals surface area contributed by atoms with Crippen molar-refractivity contribution >= 4 is 26.0 Å². The number of benzene rings is 1. The highest BCUT2D eigenvalue weighted by Gasteiger charge is 2.21. The molecule has 0 spiro atoms. The first kappa shape index (κ1) is 20.9. The molecular weight excluding hydrogens is 390 g/mol. The molecule has 29 heavy (non-hydrogen) atoms. The number of sulfonamides is 1. The number of hydrogen-bond donors (Lipinski definition) is 1. The molecule has 152 valence electrons. The Morgan fingerprint density at radius 2 is 1.76 bits per heavy atom. The number of hydrogen-bond acceptors (Lipinski definition) is 5. The Balaban J connectivity index is 2.03. The van der Waals surface area contributed by atoms with Gasteiger partial charge in [-0.1, -0.05) is 26.0 Å². The van der Waals surface area contributed by atoms with Crippen molar-refractivity contribution in [3.05, 3.63) is 75.3 Å². The van der Waals surface area contributed by atoms with Crippen molar-refractivity contribution in [2.24, 2.45) is 0 Å². The van der Waals surface area contributed by atoms with E-state index in [1.807, 2.05) is 30.7 Å². The van der Waals surface area contributed by atoms with E-state index in [0.717, 1.165) is 40.7 Å². The van der Waals surface area contributed by atoms with Crippen LogP contribution in [0.25, 0.3) is 10.9 Å². The first-order valence-corrected chi connectivity index (χ1v) is 10.9. The molecule has 2 aromatic heterocycles. The Hall–Kier alpha value is -2.84. The molecule has 0 unspecified atom stereocenters. The lowest BCUT2D eigenvalue weighted by atomic mass is 10.1. The number of carbonyl (C=O) groups excluding carboxylic acids is 1. The summed E-state index contributed by atoms with van der Waals surface area (Å²) in [5.41, 5.74) is 3.41. The van der Waals surface area contributed by atoms with Crippen molar-refractivity contribution in [3.63, 3.8) is 0 Å². The van der Waals surface area contributed by atoms with Gasteiger partial charge in [0.25, 0.3) is 20.7 Å². The molecule has 0 saturated heterocycles. The fourth-order valence-electron chi connectivity index (χ4n) is 3.21. The van der Waals surface area contributed by atoms with Crippen molar-refractivity contribution in [1.82, 2.24) is 14.3 Å². The van der Waals surface area contributed by atoms with Gasteiger partial charge in [0.2, 0.25) is 0 Å². The van der Waals surface area contributed by atoms with Crippen LogP contribution in [0.15, 0.2) is 47.3 Å². The minimum absolute atomic E-state index is 0.0686. The highest BCUT2D eigenvalue weighted by Crippen LogP contribution is 2.19. The van der Waals surface area contributed by atoms with Gasteiger partial charge in [-0.2, -0.15) is 0 Å². The molecule has 0 amide bonds.